The number of sulfonamides is 1. The van der Waals surface area contributed by atoms with Crippen LogP contribution >= 0.6 is 11.6 Å². The van der Waals surface area contributed by atoms with Gasteiger partial charge >= 0.3 is 0 Å². The number of hydrogen-bond donors (Lipinski definition) is 1. The van der Waals surface area contributed by atoms with E-state index in [0.29, 0.717) is 29.0 Å². The zero-order valence-electron chi connectivity index (χ0n) is 21.0. The Morgan fingerprint density at radius 3 is 2.65 bits per heavy atom. The highest BCUT2D eigenvalue weighted by atomic mass is 35.5. The fraction of sp³-hybridized carbons (Fsp3) is 0.522. The summed E-state index contributed by atoms with van der Waals surface area (Å²) in [4.78, 5) is 12.7. The molecule has 1 aliphatic rings. The number of anilines is 1. The Hall–Kier alpha value is -2.87. The molecule has 0 saturated carbocycles. The molecule has 4 heterocycles. The molecule has 0 bridgehead atoms. The van der Waals surface area contributed by atoms with Gasteiger partial charge < -0.3 is 14.2 Å². The molecule has 0 amide bonds. The third-order valence-electron chi connectivity index (χ3n) is 6.16. The second-order valence-electron chi connectivity index (χ2n) is 8.79. The third-order valence-corrected chi connectivity index (χ3v) is 8.05. The van der Waals surface area contributed by atoms with Gasteiger partial charge in [-0.05, 0) is 39.2 Å². The van der Waals surface area contributed by atoms with Crippen molar-refractivity contribution in [1.29, 1.82) is 0 Å². The van der Waals surface area contributed by atoms with Crippen LogP contribution in [0.4, 0.5) is 5.95 Å². The molecule has 3 aromatic rings. The SMILES string of the molecule is COc1cccc(-c2nnc(NS(=O)(=O)C(C)C(OC)c3ncc(Cl)cn3)n2C[C@@H]2CCC[C@@H](C)O2)n1. The summed E-state index contributed by atoms with van der Waals surface area (Å²) in [5, 5.41) is 7.69. The molecule has 2 unspecified atom stereocenters. The first kappa shape index (κ1) is 27.2. The van der Waals surface area contributed by atoms with Crippen LogP contribution in [-0.2, 0) is 26.0 Å². The van der Waals surface area contributed by atoms with E-state index >= 15 is 0 Å². The molecule has 4 atom stereocenters. The van der Waals surface area contributed by atoms with Gasteiger partial charge in [0.1, 0.15) is 17.0 Å². The first-order valence-electron chi connectivity index (χ1n) is 11.8. The molecule has 200 valence electrons. The van der Waals surface area contributed by atoms with E-state index in [-0.39, 0.29) is 24.0 Å². The van der Waals surface area contributed by atoms with Crippen molar-refractivity contribution in [2.45, 2.75) is 63.2 Å². The van der Waals surface area contributed by atoms with Gasteiger partial charge in [0.2, 0.25) is 21.9 Å². The van der Waals surface area contributed by atoms with Crippen LogP contribution in [0, 0.1) is 0 Å². The average molecular weight is 552 g/mol. The van der Waals surface area contributed by atoms with E-state index in [1.54, 1.807) is 22.8 Å². The van der Waals surface area contributed by atoms with E-state index in [0.717, 1.165) is 19.3 Å². The summed E-state index contributed by atoms with van der Waals surface area (Å²) in [6.45, 7) is 3.87. The second kappa shape index (κ2) is 11.7. The largest absolute Gasteiger partial charge is 0.481 e. The monoisotopic (exact) mass is 551 g/mol. The van der Waals surface area contributed by atoms with Gasteiger partial charge in [-0.3, -0.25) is 9.29 Å². The fourth-order valence-electron chi connectivity index (χ4n) is 4.19. The minimum absolute atomic E-state index is 0.0418. The van der Waals surface area contributed by atoms with Crippen molar-refractivity contribution in [3.05, 3.63) is 41.4 Å². The molecule has 1 saturated heterocycles. The number of aromatic nitrogens is 6. The highest BCUT2D eigenvalue weighted by Gasteiger charge is 2.35. The molecule has 1 N–H and O–H groups in total. The molecular weight excluding hydrogens is 522 g/mol. The van der Waals surface area contributed by atoms with Gasteiger partial charge in [0.15, 0.2) is 11.6 Å². The van der Waals surface area contributed by atoms with Gasteiger partial charge in [-0.2, -0.15) is 0 Å². The van der Waals surface area contributed by atoms with Crippen LogP contribution in [0.15, 0.2) is 30.6 Å². The number of rotatable bonds is 10. The maximum atomic E-state index is 13.5. The molecular formula is C23H30ClN7O5S. The van der Waals surface area contributed by atoms with E-state index in [2.05, 4.69) is 29.9 Å². The molecule has 14 heteroatoms. The van der Waals surface area contributed by atoms with Crippen LogP contribution in [0.25, 0.3) is 11.5 Å². The molecule has 4 rings (SSSR count). The number of methoxy groups -OCH3 is 2. The Morgan fingerprint density at radius 2 is 1.97 bits per heavy atom. The smallest absolute Gasteiger partial charge is 0.240 e. The molecule has 12 nitrogen and oxygen atoms in total. The van der Waals surface area contributed by atoms with E-state index in [4.69, 9.17) is 25.8 Å². The van der Waals surface area contributed by atoms with E-state index in [1.807, 2.05) is 6.92 Å². The van der Waals surface area contributed by atoms with Crippen LogP contribution in [-0.4, -0.2) is 69.8 Å². The number of nitrogens with zero attached hydrogens (tertiary/aromatic N) is 6. The van der Waals surface area contributed by atoms with Gasteiger partial charge in [0, 0.05) is 25.6 Å². The van der Waals surface area contributed by atoms with Crippen molar-refractivity contribution in [1.82, 2.24) is 29.7 Å². The molecule has 37 heavy (non-hydrogen) atoms. The van der Waals surface area contributed by atoms with E-state index in [9.17, 15) is 8.42 Å². The summed E-state index contributed by atoms with van der Waals surface area (Å²) in [5.74, 6) is 1.02. The Bertz CT molecular complexity index is 1310. The van der Waals surface area contributed by atoms with Crippen molar-refractivity contribution in [3.8, 4) is 17.4 Å². The van der Waals surface area contributed by atoms with Gasteiger partial charge in [-0.1, -0.05) is 17.7 Å². The Kier molecular flexibility index (Phi) is 8.57. The van der Waals surface area contributed by atoms with Crippen molar-refractivity contribution < 1.29 is 22.6 Å². The standard InChI is InChI=1S/C23H30ClN7O5S/c1-14-7-5-8-17(36-14)13-31-22(18-9-6-10-19(27-18)34-3)28-29-23(31)30-37(32,33)15(2)20(35-4)21-25-11-16(24)12-26-21/h6,9-12,14-15,17,20H,5,7-8,13H2,1-4H3,(H,29,30)/t14-,15?,17+,20?/m1/s1. The third kappa shape index (κ3) is 6.35. The molecule has 0 aliphatic carbocycles. The van der Waals surface area contributed by atoms with Crippen LogP contribution in [0.2, 0.25) is 5.02 Å². The molecule has 0 radical (unpaired) electrons. The lowest BCUT2D eigenvalue weighted by atomic mass is 10.0. The molecule has 0 spiro atoms. The number of ether oxygens (including phenoxy) is 3. The van der Waals surface area contributed by atoms with E-state index in [1.165, 1.54) is 33.5 Å². The Balaban J connectivity index is 1.67. The lowest BCUT2D eigenvalue weighted by molar-refractivity contribution is -0.0467. The summed E-state index contributed by atoms with van der Waals surface area (Å²) in [6.07, 6.45) is 4.61. The summed E-state index contributed by atoms with van der Waals surface area (Å²) < 4.78 is 48.0. The lowest BCUT2D eigenvalue weighted by Crippen LogP contribution is -2.34. The molecule has 1 fully saturated rings. The van der Waals surface area contributed by atoms with Gasteiger partial charge in [-0.25, -0.2) is 23.4 Å². The van der Waals surface area contributed by atoms with Crippen molar-refractivity contribution in [2.75, 3.05) is 18.9 Å². The number of hydrogen-bond acceptors (Lipinski definition) is 10. The van der Waals surface area contributed by atoms with Crippen molar-refractivity contribution in [2.24, 2.45) is 0 Å². The topological polar surface area (TPSA) is 143 Å². The highest BCUT2D eigenvalue weighted by molar-refractivity contribution is 7.93. The molecule has 1 aliphatic heterocycles. The first-order chi connectivity index (χ1) is 17.7. The summed E-state index contributed by atoms with van der Waals surface area (Å²) >= 11 is 5.88. The molecule has 0 aromatic carbocycles. The minimum Gasteiger partial charge on any atom is -0.481 e. The second-order valence-corrected chi connectivity index (χ2v) is 11.3. The van der Waals surface area contributed by atoms with Crippen molar-refractivity contribution in [3.63, 3.8) is 0 Å². The highest BCUT2D eigenvalue weighted by Crippen LogP contribution is 2.28. The predicted octanol–water partition coefficient (Wildman–Crippen LogP) is 3.27. The zero-order chi connectivity index (χ0) is 26.6. The Labute approximate surface area is 220 Å². The zero-order valence-corrected chi connectivity index (χ0v) is 22.6. The van der Waals surface area contributed by atoms with Gasteiger partial charge in [0.25, 0.3) is 0 Å². The average Bonchev–Trinajstić information content (AvgIpc) is 3.26. The maximum Gasteiger partial charge on any atom is 0.240 e. The van der Waals surface area contributed by atoms with Crippen LogP contribution < -0.4 is 9.46 Å². The fourth-order valence-corrected chi connectivity index (χ4v) is 5.44. The minimum atomic E-state index is -4.04. The lowest BCUT2D eigenvalue weighted by Gasteiger charge is -2.29. The normalized spacial score (nSPS) is 19.8. The number of halogens is 1. The summed E-state index contributed by atoms with van der Waals surface area (Å²) in [5.41, 5.74) is 0.485. The van der Waals surface area contributed by atoms with Crippen LogP contribution in [0.5, 0.6) is 5.88 Å². The number of nitrogens with one attached hydrogen (secondary N) is 1. The van der Waals surface area contributed by atoms with Gasteiger partial charge in [0.05, 0.1) is 30.9 Å². The van der Waals surface area contributed by atoms with Crippen LogP contribution in [0.1, 0.15) is 45.0 Å². The van der Waals surface area contributed by atoms with Crippen molar-refractivity contribution >= 4 is 27.6 Å². The summed E-state index contributed by atoms with van der Waals surface area (Å²) in [7, 11) is -1.12. The maximum absolute atomic E-state index is 13.5. The van der Waals surface area contributed by atoms with Gasteiger partial charge in [-0.15, -0.1) is 10.2 Å². The molecule has 3 aromatic heterocycles. The number of pyridine rings is 1. The Morgan fingerprint density at radius 1 is 1.22 bits per heavy atom. The van der Waals surface area contributed by atoms with Crippen LogP contribution in [0.3, 0.4) is 0 Å². The van der Waals surface area contributed by atoms with E-state index < -0.39 is 21.4 Å². The quantitative estimate of drug-likeness (QED) is 0.398. The first-order valence-corrected chi connectivity index (χ1v) is 13.8. The predicted molar refractivity (Wildman–Crippen MR) is 137 cm³/mol. The summed E-state index contributed by atoms with van der Waals surface area (Å²) in [6, 6.07) is 5.25.